The van der Waals surface area contributed by atoms with Gasteiger partial charge in [0.25, 0.3) is 18.2 Å². The molecule has 2 amide bonds. The first-order chi connectivity index (χ1) is 15.7. The highest BCUT2D eigenvalue weighted by Gasteiger charge is 2.27. The van der Waals surface area contributed by atoms with E-state index in [-0.39, 0.29) is 21.1 Å². The van der Waals surface area contributed by atoms with E-state index in [4.69, 9.17) is 5.73 Å². The lowest BCUT2D eigenvalue weighted by molar-refractivity contribution is 0.100. The number of halogens is 2. The molecule has 4 aromatic heterocycles. The average Bonchev–Trinajstić information content (AvgIpc) is 3.49. The van der Waals surface area contributed by atoms with E-state index in [2.05, 4.69) is 20.5 Å². The molecule has 12 heteroatoms. The molecule has 0 saturated heterocycles. The topological polar surface area (TPSA) is 121 Å². The Balaban J connectivity index is 1.98. The minimum Gasteiger partial charge on any atom is -0.365 e. The lowest BCUT2D eigenvalue weighted by atomic mass is 10.0. The number of amides is 2. The molecule has 4 aromatic rings. The van der Waals surface area contributed by atoms with Crippen molar-refractivity contribution in [2.45, 2.75) is 40.3 Å². The van der Waals surface area contributed by atoms with Crippen molar-refractivity contribution < 1.29 is 18.4 Å². The second kappa shape index (κ2) is 8.70. The van der Waals surface area contributed by atoms with Crippen molar-refractivity contribution in [2.75, 3.05) is 5.32 Å². The van der Waals surface area contributed by atoms with Gasteiger partial charge >= 0.3 is 0 Å². The van der Waals surface area contributed by atoms with Crippen molar-refractivity contribution in [3.63, 3.8) is 0 Å². The lowest BCUT2D eigenvalue weighted by Crippen LogP contribution is -2.19. The number of anilines is 1. The fourth-order valence-corrected chi connectivity index (χ4v) is 4.65. The van der Waals surface area contributed by atoms with Crippen LogP contribution >= 0.6 is 11.3 Å². The molecular formula is C21H21F2N7O2S. The number of hydrogen-bond acceptors (Lipinski definition) is 6. The SMILES string of the molecule is CCn1cc(-c2cc(C(F)F)nc3sc(C(N)=O)c(NC(=O)c4ccnn4CC)c23)c(C)n1. The Bertz CT molecular complexity index is 1370. The molecule has 172 valence electrons. The molecule has 9 nitrogen and oxygen atoms in total. The smallest absolute Gasteiger partial charge is 0.280 e. The zero-order valence-electron chi connectivity index (χ0n) is 18.1. The third kappa shape index (κ3) is 3.97. The van der Waals surface area contributed by atoms with Crippen LogP contribution in [0, 0.1) is 6.92 Å². The summed E-state index contributed by atoms with van der Waals surface area (Å²) in [5.74, 6) is -1.32. The zero-order valence-corrected chi connectivity index (χ0v) is 18.9. The van der Waals surface area contributed by atoms with Crippen LogP contribution in [0.4, 0.5) is 14.5 Å². The molecule has 0 aliphatic carbocycles. The summed E-state index contributed by atoms with van der Waals surface area (Å²) in [7, 11) is 0. The number of nitrogens with two attached hydrogens (primary N) is 1. The van der Waals surface area contributed by atoms with Crippen LogP contribution in [0.5, 0.6) is 0 Å². The number of primary amides is 1. The molecule has 0 aromatic carbocycles. The van der Waals surface area contributed by atoms with Crippen LogP contribution in [0.15, 0.2) is 24.5 Å². The quantitative estimate of drug-likeness (QED) is 0.420. The summed E-state index contributed by atoms with van der Waals surface area (Å²) in [4.78, 5) is 29.5. The predicted molar refractivity (Wildman–Crippen MR) is 121 cm³/mol. The van der Waals surface area contributed by atoms with Crippen molar-refractivity contribution >= 4 is 39.1 Å². The standard InChI is InChI=1S/C21H21F2N7O2S/c1-4-29-9-12(10(3)28-29)11-8-13(18(22)23)26-21-15(11)16(17(33-21)19(24)31)27-20(32)14-6-7-25-30(14)5-2/h6-9,18H,4-5H2,1-3H3,(H2,24,31)(H,27,32). The van der Waals surface area contributed by atoms with Gasteiger partial charge in [-0.15, -0.1) is 11.3 Å². The molecule has 4 rings (SSSR count). The summed E-state index contributed by atoms with van der Waals surface area (Å²) in [6, 6.07) is 2.81. The van der Waals surface area contributed by atoms with Gasteiger partial charge in [-0.25, -0.2) is 13.8 Å². The normalized spacial score (nSPS) is 11.5. The first-order valence-electron chi connectivity index (χ1n) is 10.2. The number of nitrogens with zero attached hydrogens (tertiary/aromatic N) is 5. The van der Waals surface area contributed by atoms with Crippen LogP contribution in [-0.4, -0.2) is 36.4 Å². The maximum Gasteiger partial charge on any atom is 0.280 e. The van der Waals surface area contributed by atoms with Gasteiger partial charge in [0, 0.05) is 36.4 Å². The third-order valence-corrected chi connectivity index (χ3v) is 6.28. The minimum absolute atomic E-state index is 0.0154. The number of carbonyl (C=O) groups is 2. The van der Waals surface area contributed by atoms with Crippen molar-refractivity contribution in [3.05, 3.63) is 46.5 Å². The number of aromatic nitrogens is 5. The summed E-state index contributed by atoms with van der Waals surface area (Å²) in [5.41, 5.74) is 7.13. The Morgan fingerprint density at radius 2 is 2.00 bits per heavy atom. The monoisotopic (exact) mass is 473 g/mol. The summed E-state index contributed by atoms with van der Waals surface area (Å²) in [6.07, 6.45) is 0.396. The average molecular weight is 474 g/mol. The number of pyridine rings is 1. The highest BCUT2D eigenvalue weighted by molar-refractivity contribution is 7.21. The Kier molecular flexibility index (Phi) is 5.93. The number of nitrogens with one attached hydrogen (secondary N) is 1. The van der Waals surface area contributed by atoms with Crippen LogP contribution in [0.3, 0.4) is 0 Å². The van der Waals surface area contributed by atoms with Gasteiger partial charge in [-0.05, 0) is 38.5 Å². The van der Waals surface area contributed by atoms with Crippen molar-refractivity contribution in [2.24, 2.45) is 5.73 Å². The lowest BCUT2D eigenvalue weighted by Gasteiger charge is -2.11. The number of thiophene rings is 1. The number of aryl methyl sites for hydroxylation is 3. The summed E-state index contributed by atoms with van der Waals surface area (Å²) in [5, 5.41) is 11.6. The molecule has 0 spiro atoms. The van der Waals surface area contributed by atoms with Crippen LogP contribution < -0.4 is 11.1 Å². The second-order valence-electron chi connectivity index (χ2n) is 7.22. The van der Waals surface area contributed by atoms with Gasteiger partial charge in [-0.3, -0.25) is 19.0 Å². The third-order valence-electron chi connectivity index (χ3n) is 5.18. The van der Waals surface area contributed by atoms with Crippen LogP contribution in [0.25, 0.3) is 21.3 Å². The van der Waals surface area contributed by atoms with Gasteiger partial charge in [0.15, 0.2) is 0 Å². The van der Waals surface area contributed by atoms with E-state index in [0.717, 1.165) is 11.3 Å². The molecule has 0 aliphatic rings. The van der Waals surface area contributed by atoms with Crippen LogP contribution in [0.1, 0.15) is 51.8 Å². The number of fused-ring (bicyclic) bond motifs is 1. The molecule has 0 bridgehead atoms. The van der Waals surface area contributed by atoms with E-state index in [1.54, 1.807) is 23.9 Å². The van der Waals surface area contributed by atoms with Gasteiger partial charge < -0.3 is 11.1 Å². The van der Waals surface area contributed by atoms with Gasteiger partial charge in [0.2, 0.25) is 0 Å². The van der Waals surface area contributed by atoms with Crippen molar-refractivity contribution in [1.29, 1.82) is 0 Å². The van der Waals surface area contributed by atoms with Crippen LogP contribution in [0.2, 0.25) is 0 Å². The molecule has 4 heterocycles. The molecule has 0 atom stereocenters. The summed E-state index contributed by atoms with van der Waals surface area (Å²) < 4.78 is 30.5. The minimum atomic E-state index is -2.83. The Hall–Kier alpha value is -3.67. The molecule has 0 unspecified atom stereocenters. The molecule has 3 N–H and O–H groups in total. The Morgan fingerprint density at radius 1 is 1.24 bits per heavy atom. The molecule has 0 aliphatic heterocycles. The molecule has 0 fully saturated rings. The maximum absolute atomic E-state index is 13.7. The second-order valence-corrected chi connectivity index (χ2v) is 8.22. The fourth-order valence-electron chi connectivity index (χ4n) is 3.63. The van der Waals surface area contributed by atoms with Gasteiger partial charge in [-0.1, -0.05) is 0 Å². The largest absolute Gasteiger partial charge is 0.365 e. The fraction of sp³-hybridized carbons (Fsp3) is 0.286. The van der Waals surface area contributed by atoms with E-state index in [9.17, 15) is 18.4 Å². The first-order valence-corrected chi connectivity index (χ1v) is 11.0. The predicted octanol–water partition coefficient (Wildman–Crippen LogP) is 3.99. The van der Waals surface area contributed by atoms with Crippen LogP contribution in [-0.2, 0) is 13.1 Å². The summed E-state index contributed by atoms with van der Waals surface area (Å²) in [6.45, 7) is 6.54. The number of carbonyl (C=O) groups excluding carboxylic acids is 2. The Morgan fingerprint density at radius 3 is 2.61 bits per heavy atom. The van der Waals surface area contributed by atoms with Crippen molar-refractivity contribution in [3.8, 4) is 11.1 Å². The highest BCUT2D eigenvalue weighted by atomic mass is 32.1. The van der Waals surface area contributed by atoms with E-state index in [1.165, 1.54) is 16.9 Å². The van der Waals surface area contributed by atoms with E-state index in [0.29, 0.717) is 35.3 Å². The zero-order chi connectivity index (χ0) is 23.9. The Labute approximate surface area is 191 Å². The van der Waals surface area contributed by atoms with Gasteiger partial charge in [0.1, 0.15) is 21.1 Å². The van der Waals surface area contributed by atoms with E-state index in [1.807, 2.05) is 13.8 Å². The number of rotatable bonds is 7. The molecule has 0 radical (unpaired) electrons. The number of alkyl halides is 2. The molecule has 0 saturated carbocycles. The first kappa shape index (κ1) is 22.5. The number of hydrogen-bond donors (Lipinski definition) is 2. The molecule has 33 heavy (non-hydrogen) atoms. The van der Waals surface area contributed by atoms with Crippen molar-refractivity contribution in [1.82, 2.24) is 24.5 Å². The maximum atomic E-state index is 13.7. The van der Waals surface area contributed by atoms with E-state index >= 15 is 0 Å². The van der Waals surface area contributed by atoms with Gasteiger partial charge in [0.05, 0.1) is 11.4 Å². The highest BCUT2D eigenvalue weighted by Crippen LogP contribution is 2.43. The van der Waals surface area contributed by atoms with E-state index < -0.39 is 23.9 Å². The summed E-state index contributed by atoms with van der Waals surface area (Å²) >= 11 is 0.857. The van der Waals surface area contributed by atoms with Gasteiger partial charge in [-0.2, -0.15) is 10.2 Å². The molecular weight excluding hydrogens is 452 g/mol.